The van der Waals surface area contributed by atoms with Crippen LogP contribution in [0.3, 0.4) is 0 Å². The van der Waals surface area contributed by atoms with Crippen molar-refractivity contribution < 1.29 is 4.39 Å². The van der Waals surface area contributed by atoms with Gasteiger partial charge < -0.3 is 0 Å². The first-order chi connectivity index (χ1) is 8.77. The third-order valence-electron chi connectivity index (χ3n) is 3.12. The molecule has 0 radical (unpaired) electrons. The summed E-state index contributed by atoms with van der Waals surface area (Å²) in [6, 6.07) is 7.02. The van der Waals surface area contributed by atoms with E-state index in [9.17, 15) is 4.39 Å². The number of benzene rings is 1. The quantitative estimate of drug-likeness (QED) is 0.305. The first kappa shape index (κ1) is 14.9. The second kappa shape index (κ2) is 8.84. The van der Waals surface area contributed by atoms with Crippen LogP contribution in [0.1, 0.15) is 37.7 Å². The molecule has 18 heavy (non-hydrogen) atoms. The zero-order valence-corrected chi connectivity index (χ0v) is 10.9. The monoisotopic (exact) mass is 250 g/mol. The molecule has 2 nitrogen and oxygen atoms in total. The van der Waals surface area contributed by atoms with E-state index >= 15 is 0 Å². The van der Waals surface area contributed by atoms with Crippen molar-refractivity contribution in [3.63, 3.8) is 0 Å². The summed E-state index contributed by atoms with van der Waals surface area (Å²) in [5, 5.41) is 0. The molecule has 0 heterocycles. The predicted molar refractivity (Wildman–Crippen MR) is 74.5 cm³/mol. The standard InChI is InChI=1S/C15H23FN2/c1-2-3-4-5-6-10-14(18-17)12-13-9-7-8-11-15(13)16/h2,7-9,11,14,18H,1,3-6,10,12,17H2. The highest BCUT2D eigenvalue weighted by Gasteiger charge is 2.10. The average Bonchev–Trinajstić information content (AvgIpc) is 2.39. The fraction of sp³-hybridized carbons (Fsp3) is 0.467. The lowest BCUT2D eigenvalue weighted by Crippen LogP contribution is -2.36. The number of nitrogens with two attached hydrogens (primary N) is 1. The number of hydrogen-bond donors (Lipinski definition) is 2. The zero-order valence-electron chi connectivity index (χ0n) is 10.9. The molecule has 1 aromatic rings. The number of allylic oxidation sites excluding steroid dienone is 1. The lowest BCUT2D eigenvalue weighted by molar-refractivity contribution is 0.456. The molecule has 0 amide bonds. The Bertz CT molecular complexity index is 352. The number of nitrogens with one attached hydrogen (secondary N) is 1. The van der Waals surface area contributed by atoms with Crippen LogP contribution in [0.25, 0.3) is 0 Å². The Hall–Kier alpha value is -1.19. The molecule has 3 N–H and O–H groups in total. The largest absolute Gasteiger partial charge is 0.271 e. The first-order valence-electron chi connectivity index (χ1n) is 6.58. The second-order valence-corrected chi connectivity index (χ2v) is 4.59. The van der Waals surface area contributed by atoms with Crippen LogP contribution in [0.2, 0.25) is 0 Å². The van der Waals surface area contributed by atoms with E-state index in [1.54, 1.807) is 6.07 Å². The second-order valence-electron chi connectivity index (χ2n) is 4.59. The molecule has 0 bridgehead atoms. The molecule has 0 saturated carbocycles. The molecule has 0 aromatic heterocycles. The fourth-order valence-corrected chi connectivity index (χ4v) is 2.03. The molecule has 1 rings (SSSR count). The minimum absolute atomic E-state index is 0.144. The molecule has 0 spiro atoms. The van der Waals surface area contributed by atoms with E-state index in [2.05, 4.69) is 12.0 Å². The summed E-state index contributed by atoms with van der Waals surface area (Å²) in [7, 11) is 0. The van der Waals surface area contributed by atoms with E-state index in [-0.39, 0.29) is 11.9 Å². The SMILES string of the molecule is C=CCCCCCC(Cc1ccccc1F)NN. The summed E-state index contributed by atoms with van der Waals surface area (Å²) in [4.78, 5) is 0. The van der Waals surface area contributed by atoms with Crippen molar-refractivity contribution >= 4 is 0 Å². The number of unbranched alkanes of at least 4 members (excludes halogenated alkanes) is 3. The van der Waals surface area contributed by atoms with E-state index in [0.717, 1.165) is 24.8 Å². The summed E-state index contributed by atoms with van der Waals surface area (Å²) in [5.41, 5.74) is 3.51. The van der Waals surface area contributed by atoms with Crippen molar-refractivity contribution in [2.45, 2.75) is 44.6 Å². The van der Waals surface area contributed by atoms with Crippen LogP contribution >= 0.6 is 0 Å². The van der Waals surface area contributed by atoms with Gasteiger partial charge in [-0.05, 0) is 37.3 Å². The summed E-state index contributed by atoms with van der Waals surface area (Å²) < 4.78 is 13.5. The van der Waals surface area contributed by atoms with E-state index in [0.29, 0.717) is 6.42 Å². The summed E-state index contributed by atoms with van der Waals surface area (Å²) in [6.45, 7) is 3.70. The maximum absolute atomic E-state index is 13.5. The van der Waals surface area contributed by atoms with Crippen LogP contribution in [0.4, 0.5) is 4.39 Å². The summed E-state index contributed by atoms with van der Waals surface area (Å²) in [6.07, 6.45) is 8.07. The van der Waals surface area contributed by atoms with Gasteiger partial charge in [-0.3, -0.25) is 11.3 Å². The minimum Gasteiger partial charge on any atom is -0.271 e. The number of halogens is 1. The molecule has 0 aliphatic heterocycles. The van der Waals surface area contributed by atoms with Crippen molar-refractivity contribution in [3.8, 4) is 0 Å². The van der Waals surface area contributed by atoms with Crippen LogP contribution in [-0.2, 0) is 6.42 Å². The number of rotatable bonds is 9. The predicted octanol–water partition coefficient (Wildman–Crippen LogP) is 3.34. The Morgan fingerprint density at radius 1 is 1.28 bits per heavy atom. The van der Waals surface area contributed by atoms with Gasteiger partial charge in [0.2, 0.25) is 0 Å². The van der Waals surface area contributed by atoms with Crippen molar-refractivity contribution in [1.82, 2.24) is 5.43 Å². The molecule has 0 aliphatic carbocycles. The van der Waals surface area contributed by atoms with Gasteiger partial charge in [0.15, 0.2) is 0 Å². The third kappa shape index (κ3) is 5.43. The third-order valence-corrected chi connectivity index (χ3v) is 3.12. The molecule has 1 atom stereocenters. The Morgan fingerprint density at radius 2 is 2.06 bits per heavy atom. The first-order valence-corrected chi connectivity index (χ1v) is 6.58. The Balaban J connectivity index is 2.33. The highest BCUT2D eigenvalue weighted by Crippen LogP contribution is 2.13. The summed E-state index contributed by atoms with van der Waals surface area (Å²) in [5.74, 6) is 5.37. The molecular formula is C15H23FN2. The van der Waals surface area contributed by atoms with Gasteiger partial charge in [0.25, 0.3) is 0 Å². The minimum atomic E-state index is -0.149. The Labute approximate surface area is 109 Å². The zero-order chi connectivity index (χ0) is 13.2. The van der Waals surface area contributed by atoms with Crippen molar-refractivity contribution in [2.75, 3.05) is 0 Å². The van der Waals surface area contributed by atoms with Gasteiger partial charge in [-0.2, -0.15) is 0 Å². The van der Waals surface area contributed by atoms with Crippen LogP contribution < -0.4 is 11.3 Å². The molecule has 3 heteroatoms. The van der Waals surface area contributed by atoms with Gasteiger partial charge >= 0.3 is 0 Å². The average molecular weight is 250 g/mol. The molecule has 1 unspecified atom stereocenters. The maximum Gasteiger partial charge on any atom is 0.126 e. The molecule has 0 aliphatic rings. The lowest BCUT2D eigenvalue weighted by atomic mass is 10.00. The number of hydrazine groups is 1. The topological polar surface area (TPSA) is 38.0 Å². The van der Waals surface area contributed by atoms with Gasteiger partial charge in [0, 0.05) is 6.04 Å². The van der Waals surface area contributed by atoms with Crippen molar-refractivity contribution in [3.05, 3.63) is 48.3 Å². The molecule has 0 fully saturated rings. The fourth-order valence-electron chi connectivity index (χ4n) is 2.03. The van der Waals surface area contributed by atoms with Crippen molar-refractivity contribution in [2.24, 2.45) is 5.84 Å². The summed E-state index contributed by atoms with van der Waals surface area (Å²) >= 11 is 0. The van der Waals surface area contributed by atoms with E-state index in [4.69, 9.17) is 5.84 Å². The normalized spacial score (nSPS) is 12.3. The van der Waals surface area contributed by atoms with Gasteiger partial charge in [-0.25, -0.2) is 4.39 Å². The molecular weight excluding hydrogens is 227 g/mol. The molecule has 1 aromatic carbocycles. The van der Waals surface area contributed by atoms with E-state index in [1.165, 1.54) is 18.9 Å². The van der Waals surface area contributed by atoms with Crippen LogP contribution in [0.15, 0.2) is 36.9 Å². The maximum atomic E-state index is 13.5. The van der Waals surface area contributed by atoms with E-state index < -0.39 is 0 Å². The highest BCUT2D eigenvalue weighted by molar-refractivity contribution is 5.18. The van der Waals surface area contributed by atoms with Gasteiger partial charge in [-0.1, -0.05) is 37.1 Å². The number of hydrogen-bond acceptors (Lipinski definition) is 2. The Kier molecular flexibility index (Phi) is 7.30. The highest BCUT2D eigenvalue weighted by atomic mass is 19.1. The van der Waals surface area contributed by atoms with Gasteiger partial charge in [0.1, 0.15) is 5.82 Å². The smallest absolute Gasteiger partial charge is 0.126 e. The van der Waals surface area contributed by atoms with Crippen LogP contribution in [0, 0.1) is 5.82 Å². The van der Waals surface area contributed by atoms with E-state index in [1.807, 2.05) is 18.2 Å². The van der Waals surface area contributed by atoms with Crippen molar-refractivity contribution in [1.29, 1.82) is 0 Å². The lowest BCUT2D eigenvalue weighted by Gasteiger charge is -2.16. The molecule has 0 saturated heterocycles. The van der Waals surface area contributed by atoms with Crippen LogP contribution in [0.5, 0.6) is 0 Å². The Morgan fingerprint density at radius 3 is 2.72 bits per heavy atom. The van der Waals surface area contributed by atoms with Gasteiger partial charge in [0.05, 0.1) is 0 Å². The van der Waals surface area contributed by atoms with Gasteiger partial charge in [-0.15, -0.1) is 6.58 Å². The molecule has 100 valence electrons. The van der Waals surface area contributed by atoms with Crippen LogP contribution in [-0.4, -0.2) is 6.04 Å².